The average molecular weight is 413 g/mol. The van der Waals surface area contributed by atoms with Crippen LogP contribution in [0.2, 0.25) is 0 Å². The molecule has 5 nitrogen and oxygen atoms in total. The van der Waals surface area contributed by atoms with E-state index >= 15 is 0 Å². The third-order valence-corrected chi connectivity index (χ3v) is 7.41. The van der Waals surface area contributed by atoms with E-state index in [-0.39, 0.29) is 0 Å². The van der Waals surface area contributed by atoms with Gasteiger partial charge in [0.05, 0.1) is 0 Å². The van der Waals surface area contributed by atoms with E-state index in [1.807, 2.05) is 20.3 Å². The fourth-order valence-corrected chi connectivity index (χ4v) is 5.30. The van der Waals surface area contributed by atoms with Gasteiger partial charge in [-0.25, -0.2) is 4.98 Å². The van der Waals surface area contributed by atoms with E-state index < -0.39 is 0 Å². The second-order valence-corrected chi connectivity index (χ2v) is 9.69. The number of carbonyl (C=O) groups is 1. The highest BCUT2D eigenvalue weighted by Crippen LogP contribution is 2.27. The van der Waals surface area contributed by atoms with Gasteiger partial charge in [-0.15, -0.1) is 11.3 Å². The van der Waals surface area contributed by atoms with Crippen molar-refractivity contribution in [3.8, 4) is 0 Å². The van der Waals surface area contributed by atoms with Crippen LogP contribution in [0.15, 0.2) is 30.5 Å². The van der Waals surface area contributed by atoms with Gasteiger partial charge in [0.15, 0.2) is 5.13 Å². The van der Waals surface area contributed by atoms with E-state index in [1.54, 1.807) is 11.3 Å². The summed E-state index contributed by atoms with van der Waals surface area (Å²) in [7, 11) is 4.08. The van der Waals surface area contributed by atoms with Gasteiger partial charge in [0, 0.05) is 51.2 Å². The van der Waals surface area contributed by atoms with Crippen LogP contribution in [0, 0.1) is 5.92 Å². The van der Waals surface area contributed by atoms with Crippen LogP contribution >= 0.6 is 11.3 Å². The van der Waals surface area contributed by atoms with Crippen molar-refractivity contribution in [2.75, 3.05) is 38.6 Å². The molecule has 1 aromatic carbocycles. The Hall–Kier alpha value is -1.92. The fourth-order valence-electron chi connectivity index (χ4n) is 4.42. The van der Waals surface area contributed by atoms with E-state index in [2.05, 4.69) is 43.9 Å². The smallest absolute Gasteiger partial charge is 0.222 e. The summed E-state index contributed by atoms with van der Waals surface area (Å²) in [6, 6.07) is 8.53. The lowest BCUT2D eigenvalue weighted by molar-refractivity contribution is -0.132. The zero-order valence-corrected chi connectivity index (χ0v) is 18.5. The number of aromatic nitrogens is 1. The highest BCUT2D eigenvalue weighted by atomic mass is 32.1. The lowest BCUT2D eigenvalue weighted by Crippen LogP contribution is -2.37. The van der Waals surface area contributed by atoms with Crippen molar-refractivity contribution in [1.29, 1.82) is 0 Å². The minimum Gasteiger partial charge on any atom is -0.354 e. The first-order chi connectivity index (χ1) is 14.1. The number of likely N-dealkylation sites (tertiary alicyclic amines) is 1. The van der Waals surface area contributed by atoms with Crippen molar-refractivity contribution in [3.63, 3.8) is 0 Å². The maximum Gasteiger partial charge on any atom is 0.222 e. The molecule has 1 fully saturated rings. The lowest BCUT2D eigenvalue weighted by Gasteiger charge is -2.32. The van der Waals surface area contributed by atoms with Gasteiger partial charge in [-0.2, -0.15) is 0 Å². The summed E-state index contributed by atoms with van der Waals surface area (Å²) in [6.45, 7) is 4.93. The maximum absolute atomic E-state index is 12.7. The Morgan fingerprint density at radius 2 is 1.93 bits per heavy atom. The van der Waals surface area contributed by atoms with Crippen LogP contribution in [0.1, 0.15) is 41.7 Å². The Morgan fingerprint density at radius 3 is 2.66 bits per heavy atom. The summed E-state index contributed by atoms with van der Waals surface area (Å²) in [5.41, 5.74) is 2.73. The number of hydrogen-bond donors (Lipinski definition) is 0. The zero-order chi connectivity index (χ0) is 20.2. The van der Waals surface area contributed by atoms with Crippen LogP contribution in [0.25, 0.3) is 0 Å². The van der Waals surface area contributed by atoms with E-state index in [0.717, 1.165) is 50.7 Å². The van der Waals surface area contributed by atoms with Gasteiger partial charge in [-0.1, -0.05) is 24.3 Å². The third-order valence-electron chi connectivity index (χ3n) is 6.26. The minimum absolute atomic E-state index is 0.336. The molecule has 0 saturated carbocycles. The molecule has 1 amide bonds. The second-order valence-electron chi connectivity index (χ2n) is 8.60. The molecule has 0 atom stereocenters. The van der Waals surface area contributed by atoms with Crippen molar-refractivity contribution < 1.29 is 4.79 Å². The van der Waals surface area contributed by atoms with Crippen LogP contribution in [-0.2, 0) is 24.3 Å². The van der Waals surface area contributed by atoms with Crippen molar-refractivity contribution in [2.45, 2.75) is 45.2 Å². The minimum atomic E-state index is 0.336. The van der Waals surface area contributed by atoms with E-state index in [0.29, 0.717) is 18.2 Å². The topological polar surface area (TPSA) is 39.7 Å². The van der Waals surface area contributed by atoms with Gasteiger partial charge in [-0.05, 0) is 55.8 Å². The molecule has 0 radical (unpaired) electrons. The molecule has 6 heteroatoms. The monoisotopic (exact) mass is 412 g/mol. The first-order valence-corrected chi connectivity index (χ1v) is 11.6. The number of fused-ring (bicyclic) bond motifs is 1. The standard InChI is InChI=1S/C23H32N4OS/c1-25(2)23-24-15-21(29-23)17-26-12-9-18(10-13-26)7-8-22(28)27-14-11-19-5-3-4-6-20(19)16-27/h3-6,15,18H,7-14,16-17H2,1-2H3. The Morgan fingerprint density at radius 1 is 1.17 bits per heavy atom. The molecule has 4 rings (SSSR count). The van der Waals surface area contributed by atoms with E-state index in [1.165, 1.54) is 28.8 Å². The van der Waals surface area contributed by atoms with Crippen molar-refractivity contribution in [1.82, 2.24) is 14.8 Å². The van der Waals surface area contributed by atoms with Crippen LogP contribution in [0.5, 0.6) is 0 Å². The molecular weight excluding hydrogens is 380 g/mol. The molecule has 0 aliphatic carbocycles. The lowest BCUT2D eigenvalue weighted by atomic mass is 9.91. The molecule has 0 unspecified atom stereocenters. The molecular formula is C23H32N4OS. The molecule has 2 aromatic rings. The largest absolute Gasteiger partial charge is 0.354 e. The Balaban J connectivity index is 1.18. The highest BCUT2D eigenvalue weighted by molar-refractivity contribution is 7.15. The van der Waals surface area contributed by atoms with Gasteiger partial charge in [0.1, 0.15) is 0 Å². The predicted molar refractivity (Wildman–Crippen MR) is 119 cm³/mol. The number of benzene rings is 1. The Kier molecular flexibility index (Phi) is 6.50. The number of nitrogens with zero attached hydrogens (tertiary/aromatic N) is 4. The average Bonchev–Trinajstić information content (AvgIpc) is 3.21. The van der Waals surface area contributed by atoms with Crippen LogP contribution in [-0.4, -0.2) is 54.4 Å². The van der Waals surface area contributed by atoms with Crippen LogP contribution in [0.4, 0.5) is 5.13 Å². The molecule has 1 saturated heterocycles. The van der Waals surface area contributed by atoms with Crippen molar-refractivity contribution in [3.05, 3.63) is 46.5 Å². The molecule has 0 spiro atoms. The SMILES string of the molecule is CN(C)c1ncc(CN2CCC(CCC(=O)N3CCc4ccccc4C3)CC2)s1. The summed E-state index contributed by atoms with van der Waals surface area (Å²) in [6.07, 6.45) is 7.16. The molecule has 3 heterocycles. The second kappa shape index (κ2) is 9.26. The molecule has 29 heavy (non-hydrogen) atoms. The quantitative estimate of drug-likeness (QED) is 0.724. The summed E-state index contributed by atoms with van der Waals surface area (Å²) >= 11 is 1.78. The van der Waals surface area contributed by atoms with Crippen molar-refractivity contribution in [2.24, 2.45) is 5.92 Å². The number of rotatable bonds is 6. The zero-order valence-electron chi connectivity index (χ0n) is 17.6. The molecule has 2 aliphatic rings. The van der Waals surface area contributed by atoms with Gasteiger partial charge in [0.2, 0.25) is 5.91 Å². The maximum atomic E-state index is 12.7. The Labute approximate surface area is 178 Å². The first-order valence-electron chi connectivity index (χ1n) is 10.8. The highest BCUT2D eigenvalue weighted by Gasteiger charge is 2.24. The van der Waals surface area contributed by atoms with Crippen LogP contribution < -0.4 is 4.90 Å². The molecule has 0 N–H and O–H groups in total. The number of carbonyl (C=O) groups excluding carboxylic acids is 1. The van der Waals surface area contributed by atoms with Crippen molar-refractivity contribution >= 4 is 22.4 Å². The van der Waals surface area contributed by atoms with Crippen LogP contribution in [0.3, 0.4) is 0 Å². The number of hydrogen-bond acceptors (Lipinski definition) is 5. The number of piperidine rings is 1. The molecule has 0 bridgehead atoms. The molecule has 156 valence electrons. The predicted octanol–water partition coefficient (Wildman–Crippen LogP) is 3.79. The van der Waals surface area contributed by atoms with Gasteiger partial charge >= 0.3 is 0 Å². The molecule has 1 aromatic heterocycles. The summed E-state index contributed by atoms with van der Waals surface area (Å²) in [4.78, 5) is 25.2. The number of anilines is 1. The fraction of sp³-hybridized carbons (Fsp3) is 0.565. The van der Waals surface area contributed by atoms with Gasteiger partial charge in [-0.3, -0.25) is 9.69 Å². The summed E-state index contributed by atoms with van der Waals surface area (Å²) in [5, 5.41) is 1.08. The first kappa shape index (κ1) is 20.4. The summed E-state index contributed by atoms with van der Waals surface area (Å²) < 4.78 is 0. The number of amides is 1. The Bertz CT molecular complexity index is 826. The molecule has 2 aliphatic heterocycles. The van der Waals surface area contributed by atoms with Gasteiger partial charge in [0.25, 0.3) is 0 Å². The third kappa shape index (κ3) is 5.17. The normalized spacial score (nSPS) is 17.9. The summed E-state index contributed by atoms with van der Waals surface area (Å²) in [5.74, 6) is 1.02. The number of thiazole rings is 1. The van der Waals surface area contributed by atoms with E-state index in [9.17, 15) is 4.79 Å². The van der Waals surface area contributed by atoms with Gasteiger partial charge < -0.3 is 9.80 Å². The van der Waals surface area contributed by atoms with E-state index in [4.69, 9.17) is 0 Å².